The van der Waals surface area contributed by atoms with Crippen molar-refractivity contribution < 1.29 is 53.0 Å². The molecule has 11 nitrogen and oxygen atoms in total. The number of rotatable bonds is 14. The molecule has 180 valence electrons. The van der Waals surface area contributed by atoms with Gasteiger partial charge in [0.25, 0.3) is 0 Å². The van der Waals surface area contributed by atoms with Gasteiger partial charge in [0.1, 0.15) is 25.4 Å². The van der Waals surface area contributed by atoms with Gasteiger partial charge in [0.05, 0.1) is 52.5 Å². The average Bonchev–Trinajstić information content (AvgIpc) is 3.31. The van der Waals surface area contributed by atoms with E-state index in [1.165, 1.54) is 0 Å². The van der Waals surface area contributed by atoms with Crippen molar-refractivity contribution in [3.8, 4) is 0 Å². The van der Waals surface area contributed by atoms with E-state index in [4.69, 9.17) is 43.4 Å². The predicted octanol–water partition coefficient (Wildman–Crippen LogP) is -0.102. The van der Waals surface area contributed by atoms with Gasteiger partial charge in [-0.3, -0.25) is 9.59 Å². The summed E-state index contributed by atoms with van der Waals surface area (Å²) in [5.74, 6) is -2.60. The van der Waals surface area contributed by atoms with Crippen LogP contribution < -0.4 is 0 Å². The molecule has 0 bridgehead atoms. The van der Waals surface area contributed by atoms with Crippen LogP contribution in [0, 0.1) is 0 Å². The van der Waals surface area contributed by atoms with Gasteiger partial charge < -0.3 is 43.4 Å². The molecular formula is C20H34O11. The lowest BCUT2D eigenvalue weighted by Crippen LogP contribution is -2.31. The van der Waals surface area contributed by atoms with E-state index in [9.17, 15) is 9.59 Å². The molecule has 4 atom stereocenters. The zero-order chi connectivity index (χ0) is 22.7. The Hall–Kier alpha value is -1.34. The first kappa shape index (κ1) is 25.9. The fourth-order valence-corrected chi connectivity index (χ4v) is 3.26. The van der Waals surface area contributed by atoms with Crippen molar-refractivity contribution in [1.82, 2.24) is 0 Å². The Bertz CT molecular complexity index is 523. The summed E-state index contributed by atoms with van der Waals surface area (Å²) in [5, 5.41) is 17.3. The van der Waals surface area contributed by atoms with Crippen LogP contribution in [0.25, 0.3) is 0 Å². The maximum atomic E-state index is 11.6. The zero-order valence-electron chi connectivity index (χ0n) is 18.2. The third-order valence-corrected chi connectivity index (χ3v) is 4.86. The first-order valence-corrected chi connectivity index (χ1v) is 10.5. The highest BCUT2D eigenvalue weighted by Gasteiger charge is 2.39. The third kappa shape index (κ3) is 9.36. The minimum atomic E-state index is -0.886. The second-order valence-electron chi connectivity index (χ2n) is 7.79. The first-order valence-electron chi connectivity index (χ1n) is 10.5. The summed E-state index contributed by atoms with van der Waals surface area (Å²) in [5.41, 5.74) is 0. The molecule has 0 aromatic heterocycles. The van der Waals surface area contributed by atoms with Crippen LogP contribution in [0.4, 0.5) is 0 Å². The van der Waals surface area contributed by atoms with Crippen LogP contribution in [0.2, 0.25) is 0 Å². The summed E-state index contributed by atoms with van der Waals surface area (Å²) in [6.07, 6.45) is 0.396. The normalized spacial score (nSPS) is 30.5. The topological polar surface area (TPSA) is 139 Å². The largest absolute Gasteiger partial charge is 0.463 e. The maximum absolute atomic E-state index is 11.6. The minimum Gasteiger partial charge on any atom is -0.463 e. The zero-order valence-corrected chi connectivity index (χ0v) is 18.2. The van der Waals surface area contributed by atoms with Crippen molar-refractivity contribution in [2.45, 2.75) is 63.3 Å². The van der Waals surface area contributed by atoms with E-state index in [0.29, 0.717) is 39.3 Å². The number of ether oxygens (including phenoxy) is 7. The van der Waals surface area contributed by atoms with Gasteiger partial charge in [0, 0.05) is 12.8 Å². The summed E-state index contributed by atoms with van der Waals surface area (Å²) < 4.78 is 38.4. The van der Waals surface area contributed by atoms with Crippen LogP contribution in [0.3, 0.4) is 0 Å². The molecule has 2 rings (SSSR count). The lowest BCUT2D eigenvalue weighted by Gasteiger charge is -2.23. The van der Waals surface area contributed by atoms with Crippen molar-refractivity contribution in [2.24, 2.45) is 0 Å². The molecule has 31 heavy (non-hydrogen) atoms. The van der Waals surface area contributed by atoms with Crippen LogP contribution in [-0.4, -0.2) is 98.8 Å². The number of carbonyl (C=O) groups is 2. The van der Waals surface area contributed by atoms with Gasteiger partial charge in [0.2, 0.25) is 0 Å². The number of esters is 2. The Labute approximate surface area is 181 Å². The molecule has 0 aromatic rings. The Morgan fingerprint density at radius 3 is 1.65 bits per heavy atom. The molecule has 4 unspecified atom stereocenters. The molecule has 0 spiro atoms. The van der Waals surface area contributed by atoms with Gasteiger partial charge >= 0.3 is 11.9 Å². The smallest absolute Gasteiger partial charge is 0.306 e. The van der Waals surface area contributed by atoms with Crippen molar-refractivity contribution in [3.63, 3.8) is 0 Å². The summed E-state index contributed by atoms with van der Waals surface area (Å²) in [6.45, 7) is 4.36. The molecule has 2 aliphatic rings. The van der Waals surface area contributed by atoms with Gasteiger partial charge in [-0.25, -0.2) is 0 Å². The molecule has 0 amide bonds. The highest BCUT2D eigenvalue weighted by molar-refractivity contribution is 5.69. The van der Waals surface area contributed by atoms with Gasteiger partial charge in [-0.1, -0.05) is 0 Å². The molecule has 2 heterocycles. The van der Waals surface area contributed by atoms with Gasteiger partial charge in [-0.15, -0.1) is 0 Å². The van der Waals surface area contributed by atoms with E-state index >= 15 is 0 Å². The monoisotopic (exact) mass is 450 g/mol. The van der Waals surface area contributed by atoms with E-state index in [0.717, 1.165) is 0 Å². The second kappa shape index (κ2) is 12.6. The maximum Gasteiger partial charge on any atom is 0.306 e. The van der Waals surface area contributed by atoms with Gasteiger partial charge in [0.15, 0.2) is 11.6 Å². The van der Waals surface area contributed by atoms with E-state index in [2.05, 4.69) is 0 Å². The number of aliphatic hydroxyl groups is 2. The van der Waals surface area contributed by atoms with Crippen molar-refractivity contribution in [3.05, 3.63) is 0 Å². The Morgan fingerprint density at radius 2 is 1.26 bits per heavy atom. The molecule has 0 saturated carbocycles. The molecule has 2 fully saturated rings. The Morgan fingerprint density at radius 1 is 0.839 bits per heavy atom. The summed E-state index contributed by atoms with van der Waals surface area (Å²) >= 11 is 0. The number of hydrogen-bond donors (Lipinski definition) is 2. The molecule has 2 aliphatic heterocycles. The molecular weight excluding hydrogens is 416 g/mol. The first-order chi connectivity index (χ1) is 14.8. The van der Waals surface area contributed by atoms with E-state index < -0.39 is 23.5 Å². The summed E-state index contributed by atoms with van der Waals surface area (Å²) in [4.78, 5) is 23.1. The molecule has 0 aromatic carbocycles. The van der Waals surface area contributed by atoms with Crippen LogP contribution in [0.1, 0.15) is 39.5 Å². The minimum absolute atomic E-state index is 0.0203. The predicted molar refractivity (Wildman–Crippen MR) is 104 cm³/mol. The summed E-state index contributed by atoms with van der Waals surface area (Å²) in [6, 6.07) is 0. The SMILES string of the molecule is CC1(CCC(=O)OCCO)OCC(COCC2COC(C)(CCC(=O)OCCO)O2)O1. The Kier molecular flexibility index (Phi) is 10.6. The van der Waals surface area contributed by atoms with Gasteiger partial charge in [-0.05, 0) is 13.8 Å². The highest BCUT2D eigenvalue weighted by atomic mass is 16.8. The van der Waals surface area contributed by atoms with Crippen molar-refractivity contribution in [1.29, 1.82) is 0 Å². The highest BCUT2D eigenvalue weighted by Crippen LogP contribution is 2.30. The Balaban J connectivity index is 1.60. The van der Waals surface area contributed by atoms with Crippen molar-refractivity contribution >= 4 is 11.9 Å². The quantitative estimate of drug-likeness (QED) is 0.343. The molecule has 11 heteroatoms. The van der Waals surface area contributed by atoms with E-state index in [1.54, 1.807) is 13.8 Å². The van der Waals surface area contributed by atoms with Crippen LogP contribution in [0.15, 0.2) is 0 Å². The average molecular weight is 450 g/mol. The van der Waals surface area contributed by atoms with Crippen LogP contribution in [0.5, 0.6) is 0 Å². The number of aliphatic hydroxyl groups excluding tert-OH is 2. The molecule has 0 radical (unpaired) electrons. The summed E-state index contributed by atoms with van der Waals surface area (Å²) in [7, 11) is 0. The van der Waals surface area contributed by atoms with Crippen molar-refractivity contribution in [2.75, 3.05) is 52.9 Å². The van der Waals surface area contributed by atoms with E-state index in [1.807, 2.05) is 0 Å². The lowest BCUT2D eigenvalue weighted by molar-refractivity contribution is -0.178. The molecule has 0 aliphatic carbocycles. The lowest BCUT2D eigenvalue weighted by atomic mass is 10.2. The molecule has 2 N–H and O–H groups in total. The van der Waals surface area contributed by atoms with Gasteiger partial charge in [-0.2, -0.15) is 0 Å². The third-order valence-electron chi connectivity index (χ3n) is 4.86. The molecule has 2 saturated heterocycles. The fourth-order valence-electron chi connectivity index (χ4n) is 3.26. The second-order valence-corrected chi connectivity index (χ2v) is 7.79. The standard InChI is InChI=1S/C20H34O11/c1-19(5-3-17(23)26-9-7-21)28-13-15(30-19)11-25-12-16-14-29-20(2,31-16)6-4-18(24)27-10-8-22/h15-16,21-22H,3-14H2,1-2H3. The van der Waals surface area contributed by atoms with Crippen LogP contribution in [-0.2, 0) is 42.7 Å². The number of hydrogen-bond acceptors (Lipinski definition) is 11. The van der Waals surface area contributed by atoms with E-state index in [-0.39, 0.29) is 51.5 Å². The van der Waals surface area contributed by atoms with Crippen LogP contribution >= 0.6 is 0 Å². The number of carbonyl (C=O) groups excluding carboxylic acids is 2. The fraction of sp³-hybridized carbons (Fsp3) is 0.900.